The molecule has 3 rings (SSSR count). The lowest BCUT2D eigenvalue weighted by Crippen LogP contribution is -2.55. The molecular weight excluding hydrogens is 240 g/mol. The van der Waals surface area contributed by atoms with Crippen LogP contribution in [0.1, 0.15) is 24.8 Å². The van der Waals surface area contributed by atoms with Gasteiger partial charge in [0.15, 0.2) is 0 Å². The average Bonchev–Trinajstić information content (AvgIpc) is 2.48. The second kappa shape index (κ2) is 5.99. The first-order valence-corrected chi connectivity index (χ1v) is 7.18. The molecule has 19 heavy (non-hydrogen) atoms. The van der Waals surface area contributed by atoms with Crippen molar-refractivity contribution in [2.24, 2.45) is 5.41 Å². The van der Waals surface area contributed by atoms with Crippen LogP contribution >= 0.6 is 0 Å². The summed E-state index contributed by atoms with van der Waals surface area (Å²) >= 11 is 0. The first-order valence-electron chi connectivity index (χ1n) is 7.18. The van der Waals surface area contributed by atoms with E-state index in [1.807, 2.05) is 12.3 Å². The fraction of sp³-hybridized carbons (Fsp3) is 0.667. The summed E-state index contributed by atoms with van der Waals surface area (Å²) in [4.78, 5) is 4.11. The van der Waals surface area contributed by atoms with Crippen molar-refractivity contribution in [3.05, 3.63) is 30.1 Å². The molecular formula is C15H22N2O2. The van der Waals surface area contributed by atoms with E-state index in [1.54, 1.807) is 6.20 Å². The first-order chi connectivity index (χ1) is 9.39. The second-order valence-electron chi connectivity index (χ2n) is 5.64. The summed E-state index contributed by atoms with van der Waals surface area (Å²) in [5.74, 6) is 0. The van der Waals surface area contributed by atoms with E-state index in [4.69, 9.17) is 9.47 Å². The molecule has 0 amide bonds. The van der Waals surface area contributed by atoms with Gasteiger partial charge in [0.1, 0.15) is 0 Å². The molecule has 0 unspecified atom stereocenters. The molecule has 1 aromatic heterocycles. The van der Waals surface area contributed by atoms with Crippen LogP contribution in [0.5, 0.6) is 0 Å². The normalized spacial score (nSPS) is 30.8. The molecule has 104 valence electrons. The summed E-state index contributed by atoms with van der Waals surface area (Å²) in [6, 6.07) is 4.00. The van der Waals surface area contributed by atoms with Gasteiger partial charge in [0.25, 0.3) is 0 Å². The Morgan fingerprint density at radius 1 is 1.53 bits per heavy atom. The van der Waals surface area contributed by atoms with Crippen LogP contribution in [0.25, 0.3) is 0 Å². The third kappa shape index (κ3) is 2.96. The molecule has 4 nitrogen and oxygen atoms in total. The Kier molecular flexibility index (Phi) is 4.11. The van der Waals surface area contributed by atoms with Gasteiger partial charge >= 0.3 is 0 Å². The maximum atomic E-state index is 5.96. The molecule has 0 saturated carbocycles. The first kappa shape index (κ1) is 13.0. The van der Waals surface area contributed by atoms with Gasteiger partial charge in [-0.15, -0.1) is 0 Å². The van der Waals surface area contributed by atoms with Crippen molar-refractivity contribution in [2.45, 2.75) is 32.0 Å². The number of nitrogens with zero attached hydrogens (tertiary/aromatic N) is 1. The van der Waals surface area contributed by atoms with Crippen LogP contribution in [0.2, 0.25) is 0 Å². The van der Waals surface area contributed by atoms with Gasteiger partial charge in [0.2, 0.25) is 0 Å². The minimum Gasteiger partial charge on any atom is -0.377 e. The zero-order valence-electron chi connectivity index (χ0n) is 11.3. The summed E-state index contributed by atoms with van der Waals surface area (Å²) in [6.45, 7) is 4.41. The molecule has 1 aromatic rings. The lowest BCUT2D eigenvalue weighted by Gasteiger charge is -2.47. The molecule has 0 aliphatic carbocycles. The van der Waals surface area contributed by atoms with Gasteiger partial charge in [-0.3, -0.25) is 4.98 Å². The van der Waals surface area contributed by atoms with Crippen molar-refractivity contribution in [3.63, 3.8) is 0 Å². The molecule has 2 saturated heterocycles. The maximum Gasteiger partial charge on any atom is 0.0732 e. The van der Waals surface area contributed by atoms with Crippen LogP contribution in [-0.2, 0) is 16.1 Å². The van der Waals surface area contributed by atoms with Crippen LogP contribution in [0, 0.1) is 5.41 Å². The van der Waals surface area contributed by atoms with E-state index in [1.165, 1.54) is 6.42 Å². The third-order valence-electron chi connectivity index (χ3n) is 4.26. The van der Waals surface area contributed by atoms with Crippen molar-refractivity contribution < 1.29 is 9.47 Å². The number of hydrogen-bond donors (Lipinski definition) is 1. The zero-order valence-corrected chi connectivity index (χ0v) is 11.3. The monoisotopic (exact) mass is 262 g/mol. The summed E-state index contributed by atoms with van der Waals surface area (Å²) in [7, 11) is 0. The highest BCUT2D eigenvalue weighted by molar-refractivity contribution is 5.07. The number of ether oxygens (including phenoxy) is 2. The van der Waals surface area contributed by atoms with Crippen LogP contribution < -0.4 is 5.32 Å². The average molecular weight is 262 g/mol. The highest BCUT2D eigenvalue weighted by Crippen LogP contribution is 2.38. The number of fused-ring (bicyclic) bond motifs is 1. The van der Waals surface area contributed by atoms with Crippen LogP contribution in [0.4, 0.5) is 0 Å². The van der Waals surface area contributed by atoms with E-state index in [0.717, 1.165) is 44.7 Å². The fourth-order valence-corrected chi connectivity index (χ4v) is 3.22. The Labute approximate surface area is 114 Å². The molecule has 1 N–H and O–H groups in total. The van der Waals surface area contributed by atoms with Crippen LogP contribution in [0.3, 0.4) is 0 Å². The van der Waals surface area contributed by atoms with E-state index in [2.05, 4.69) is 16.4 Å². The predicted octanol–water partition coefficient (Wildman–Crippen LogP) is 1.76. The SMILES string of the molecule is c1cncc(COC[C@]23CCCO[C@H]2CCNC3)c1. The van der Waals surface area contributed by atoms with Gasteiger partial charge in [0, 0.05) is 31.0 Å². The molecule has 2 atom stereocenters. The molecule has 4 heteroatoms. The summed E-state index contributed by atoms with van der Waals surface area (Å²) in [5.41, 5.74) is 1.31. The minimum absolute atomic E-state index is 0.179. The minimum atomic E-state index is 0.179. The van der Waals surface area contributed by atoms with E-state index in [-0.39, 0.29) is 5.41 Å². The lowest BCUT2D eigenvalue weighted by atomic mass is 9.73. The summed E-state index contributed by atoms with van der Waals surface area (Å²) in [5, 5.41) is 3.50. The van der Waals surface area contributed by atoms with Crippen LogP contribution in [-0.4, -0.2) is 37.4 Å². The molecule has 0 spiro atoms. The van der Waals surface area contributed by atoms with Crippen molar-refractivity contribution >= 4 is 0 Å². The lowest BCUT2D eigenvalue weighted by molar-refractivity contribution is -0.132. The molecule has 2 fully saturated rings. The van der Waals surface area contributed by atoms with Gasteiger partial charge in [-0.25, -0.2) is 0 Å². The Bertz CT molecular complexity index is 384. The number of pyridine rings is 1. The molecule has 0 aromatic carbocycles. The number of aromatic nitrogens is 1. The fourth-order valence-electron chi connectivity index (χ4n) is 3.22. The highest BCUT2D eigenvalue weighted by Gasteiger charge is 2.43. The highest BCUT2D eigenvalue weighted by atomic mass is 16.5. The number of rotatable bonds is 4. The number of piperidine rings is 1. The van der Waals surface area contributed by atoms with Gasteiger partial charge < -0.3 is 14.8 Å². The van der Waals surface area contributed by atoms with E-state index < -0.39 is 0 Å². The van der Waals surface area contributed by atoms with Crippen molar-refractivity contribution in [1.29, 1.82) is 0 Å². The number of hydrogen-bond acceptors (Lipinski definition) is 4. The van der Waals surface area contributed by atoms with Crippen molar-refractivity contribution in [2.75, 3.05) is 26.3 Å². The van der Waals surface area contributed by atoms with Gasteiger partial charge in [-0.05, 0) is 37.4 Å². The number of nitrogens with one attached hydrogen (secondary N) is 1. The smallest absolute Gasteiger partial charge is 0.0732 e. The van der Waals surface area contributed by atoms with E-state index in [9.17, 15) is 0 Å². The largest absolute Gasteiger partial charge is 0.377 e. The standard InChI is InChI=1S/C15H22N2O2/c1-3-13(9-16-6-1)10-18-12-15-5-2-8-19-14(15)4-7-17-11-15/h1,3,6,9,14,17H,2,4-5,7-8,10-12H2/t14-,15+/m0/s1. The Hall–Kier alpha value is -0.970. The van der Waals surface area contributed by atoms with Crippen molar-refractivity contribution in [1.82, 2.24) is 10.3 Å². The topological polar surface area (TPSA) is 43.4 Å². The quantitative estimate of drug-likeness (QED) is 0.898. The Balaban J connectivity index is 1.57. The van der Waals surface area contributed by atoms with Gasteiger partial charge in [0.05, 0.1) is 19.3 Å². The zero-order chi connectivity index (χ0) is 13.0. The third-order valence-corrected chi connectivity index (χ3v) is 4.26. The second-order valence-corrected chi connectivity index (χ2v) is 5.64. The summed E-state index contributed by atoms with van der Waals surface area (Å²) < 4.78 is 11.9. The van der Waals surface area contributed by atoms with E-state index in [0.29, 0.717) is 12.7 Å². The van der Waals surface area contributed by atoms with Crippen molar-refractivity contribution in [3.8, 4) is 0 Å². The molecule has 0 bridgehead atoms. The van der Waals surface area contributed by atoms with Gasteiger partial charge in [-0.1, -0.05) is 6.07 Å². The van der Waals surface area contributed by atoms with E-state index >= 15 is 0 Å². The Morgan fingerprint density at radius 2 is 2.53 bits per heavy atom. The molecule has 3 heterocycles. The van der Waals surface area contributed by atoms with Gasteiger partial charge in [-0.2, -0.15) is 0 Å². The molecule has 2 aliphatic rings. The molecule has 0 radical (unpaired) electrons. The molecule has 2 aliphatic heterocycles. The Morgan fingerprint density at radius 3 is 3.42 bits per heavy atom. The van der Waals surface area contributed by atoms with Crippen LogP contribution in [0.15, 0.2) is 24.5 Å². The predicted molar refractivity (Wildman–Crippen MR) is 72.8 cm³/mol. The summed E-state index contributed by atoms with van der Waals surface area (Å²) in [6.07, 6.45) is 7.49. The maximum absolute atomic E-state index is 5.96.